The van der Waals surface area contributed by atoms with Gasteiger partial charge in [0.15, 0.2) is 0 Å². The molecule has 132 valence electrons. The largest absolute Gasteiger partial charge is 0.478 e. The van der Waals surface area contributed by atoms with Crippen molar-refractivity contribution in [2.24, 2.45) is 0 Å². The van der Waals surface area contributed by atoms with E-state index in [1.54, 1.807) is 12.3 Å². The van der Waals surface area contributed by atoms with Gasteiger partial charge in [0, 0.05) is 29.7 Å². The molecule has 0 aromatic carbocycles. The molecule has 1 atom stereocenters. The van der Waals surface area contributed by atoms with Crippen molar-refractivity contribution in [3.8, 4) is 11.3 Å². The predicted molar refractivity (Wildman–Crippen MR) is 95.4 cm³/mol. The summed E-state index contributed by atoms with van der Waals surface area (Å²) in [5.74, 6) is -0.164. The summed E-state index contributed by atoms with van der Waals surface area (Å²) in [5.41, 5.74) is 2.48. The van der Waals surface area contributed by atoms with Gasteiger partial charge in [-0.15, -0.1) is 0 Å². The number of carboxylic acid groups (broad SMARTS) is 1. The molecular weight excluding hydrogens is 316 g/mol. The van der Waals surface area contributed by atoms with Crippen molar-refractivity contribution >= 4 is 5.97 Å². The molecule has 6 heteroatoms. The number of nitrogens with zero attached hydrogens (tertiary/aromatic N) is 4. The number of aromatic nitrogens is 3. The maximum absolute atomic E-state index is 11.2. The summed E-state index contributed by atoms with van der Waals surface area (Å²) < 4.78 is 0. The van der Waals surface area contributed by atoms with Crippen molar-refractivity contribution in [2.45, 2.75) is 52.1 Å². The van der Waals surface area contributed by atoms with Crippen molar-refractivity contribution in [2.75, 3.05) is 6.54 Å². The first kappa shape index (κ1) is 17.5. The molecule has 1 saturated heterocycles. The van der Waals surface area contributed by atoms with Crippen LogP contribution in [0.25, 0.3) is 11.3 Å². The zero-order valence-electron chi connectivity index (χ0n) is 14.9. The molecular formula is C19H24N4O2. The third kappa shape index (κ3) is 3.85. The lowest BCUT2D eigenvalue weighted by Crippen LogP contribution is -2.39. The van der Waals surface area contributed by atoms with Crippen LogP contribution in [0.3, 0.4) is 0 Å². The zero-order chi connectivity index (χ0) is 18.0. The molecule has 6 nitrogen and oxygen atoms in total. The quantitative estimate of drug-likeness (QED) is 0.918. The summed E-state index contributed by atoms with van der Waals surface area (Å²) >= 11 is 0. The molecule has 1 fully saturated rings. The average molecular weight is 340 g/mol. The lowest BCUT2D eigenvalue weighted by molar-refractivity contribution is 0.0696. The summed E-state index contributed by atoms with van der Waals surface area (Å²) in [5, 5.41) is 9.19. The molecule has 0 spiro atoms. The predicted octanol–water partition coefficient (Wildman–Crippen LogP) is 3.48. The minimum absolute atomic E-state index is 0.164. The van der Waals surface area contributed by atoms with E-state index in [1.807, 2.05) is 13.0 Å². The minimum Gasteiger partial charge on any atom is -0.478 e. The van der Waals surface area contributed by atoms with Gasteiger partial charge in [0.05, 0.1) is 17.3 Å². The van der Waals surface area contributed by atoms with Crippen LogP contribution in [0.4, 0.5) is 0 Å². The summed E-state index contributed by atoms with van der Waals surface area (Å²) in [6, 6.07) is 4.15. The third-order valence-corrected chi connectivity index (χ3v) is 4.66. The van der Waals surface area contributed by atoms with Crippen molar-refractivity contribution in [1.82, 2.24) is 19.9 Å². The molecule has 1 unspecified atom stereocenters. The summed E-state index contributed by atoms with van der Waals surface area (Å²) in [6.45, 7) is 7.42. The molecule has 25 heavy (non-hydrogen) atoms. The Morgan fingerprint density at radius 1 is 1.24 bits per heavy atom. The lowest BCUT2D eigenvalue weighted by atomic mass is 9.99. The summed E-state index contributed by atoms with van der Waals surface area (Å²) in [4.78, 5) is 27.2. The molecule has 0 amide bonds. The van der Waals surface area contributed by atoms with Crippen molar-refractivity contribution < 1.29 is 9.90 Å². The van der Waals surface area contributed by atoms with Gasteiger partial charge < -0.3 is 5.11 Å². The van der Waals surface area contributed by atoms with Crippen LogP contribution in [0, 0.1) is 6.92 Å². The zero-order valence-corrected chi connectivity index (χ0v) is 14.9. The van der Waals surface area contributed by atoms with Crippen LogP contribution in [0.5, 0.6) is 0 Å². The first-order valence-corrected chi connectivity index (χ1v) is 8.75. The molecule has 1 aliphatic heterocycles. The molecule has 2 aromatic heterocycles. The van der Waals surface area contributed by atoms with Crippen molar-refractivity contribution in [3.63, 3.8) is 0 Å². The standard InChI is InChI=1S/C19H24N4O2/c1-12(2)23-7-5-4-6-17(23)18-21-13(3)8-16(22-18)14-9-15(19(24)25)11-20-10-14/h8-12,17H,4-7H2,1-3H3,(H,24,25). The SMILES string of the molecule is Cc1cc(-c2cncc(C(=O)O)c2)nc(C2CCCCN2C(C)C)n1. The monoisotopic (exact) mass is 340 g/mol. The van der Waals surface area contributed by atoms with Crippen molar-refractivity contribution in [3.05, 3.63) is 41.6 Å². The molecule has 0 aliphatic carbocycles. The normalized spacial score (nSPS) is 18.5. The van der Waals surface area contributed by atoms with E-state index in [0.717, 1.165) is 30.2 Å². The lowest BCUT2D eigenvalue weighted by Gasteiger charge is -2.37. The Balaban J connectivity index is 2.01. The number of hydrogen-bond donors (Lipinski definition) is 1. The maximum Gasteiger partial charge on any atom is 0.337 e. The first-order chi connectivity index (χ1) is 12.0. The Kier molecular flexibility index (Phi) is 5.08. The van der Waals surface area contributed by atoms with Crippen LogP contribution < -0.4 is 0 Å². The average Bonchev–Trinajstić information content (AvgIpc) is 2.61. The number of aryl methyl sites for hydroxylation is 1. The number of pyridine rings is 1. The number of rotatable bonds is 4. The smallest absolute Gasteiger partial charge is 0.337 e. The van der Waals surface area contributed by atoms with Crippen LogP contribution in [-0.4, -0.2) is 43.5 Å². The summed E-state index contributed by atoms with van der Waals surface area (Å²) in [6.07, 6.45) is 6.44. The highest BCUT2D eigenvalue weighted by atomic mass is 16.4. The molecule has 2 aromatic rings. The molecule has 3 rings (SSSR count). The molecule has 1 N–H and O–H groups in total. The number of likely N-dealkylation sites (tertiary alicyclic amines) is 1. The fraction of sp³-hybridized carbons (Fsp3) is 0.474. The number of aromatic carboxylic acids is 1. The molecule has 1 aliphatic rings. The van der Waals surface area contributed by atoms with Crippen molar-refractivity contribution in [1.29, 1.82) is 0 Å². The second-order valence-electron chi connectivity index (χ2n) is 6.86. The van der Waals surface area contributed by atoms with Gasteiger partial charge in [-0.25, -0.2) is 14.8 Å². The second kappa shape index (κ2) is 7.27. The Hall–Kier alpha value is -2.34. The van der Waals surface area contributed by atoms with Gasteiger partial charge in [-0.05, 0) is 52.3 Å². The van der Waals surface area contributed by atoms with Gasteiger partial charge in [0.25, 0.3) is 0 Å². The summed E-state index contributed by atoms with van der Waals surface area (Å²) in [7, 11) is 0. The minimum atomic E-state index is -0.987. The van der Waals surface area contributed by atoms with E-state index in [1.165, 1.54) is 19.0 Å². The fourth-order valence-electron chi connectivity index (χ4n) is 3.43. The number of carbonyl (C=O) groups is 1. The van der Waals surface area contributed by atoms with E-state index in [2.05, 4.69) is 28.7 Å². The number of hydrogen-bond acceptors (Lipinski definition) is 5. The van der Waals surface area contributed by atoms with E-state index >= 15 is 0 Å². The van der Waals surface area contributed by atoms with Gasteiger partial charge in [0.1, 0.15) is 5.82 Å². The van der Waals surface area contributed by atoms with Gasteiger partial charge >= 0.3 is 5.97 Å². The van der Waals surface area contributed by atoms with Gasteiger partial charge in [-0.1, -0.05) is 6.42 Å². The fourth-order valence-corrected chi connectivity index (χ4v) is 3.43. The highest BCUT2D eigenvalue weighted by Crippen LogP contribution is 2.31. The Morgan fingerprint density at radius 2 is 2.04 bits per heavy atom. The number of carboxylic acids is 1. The maximum atomic E-state index is 11.2. The first-order valence-electron chi connectivity index (χ1n) is 8.75. The van der Waals surface area contributed by atoms with Gasteiger partial charge in [-0.2, -0.15) is 0 Å². The number of piperidine rings is 1. The van der Waals surface area contributed by atoms with E-state index in [4.69, 9.17) is 4.98 Å². The highest BCUT2D eigenvalue weighted by molar-refractivity contribution is 5.88. The van der Waals surface area contributed by atoms with Crippen LogP contribution in [-0.2, 0) is 0 Å². The van der Waals surface area contributed by atoms with Gasteiger partial charge in [0.2, 0.25) is 0 Å². The molecule has 0 bridgehead atoms. The van der Waals surface area contributed by atoms with Crippen LogP contribution in [0.2, 0.25) is 0 Å². The molecule has 0 saturated carbocycles. The van der Waals surface area contributed by atoms with E-state index in [9.17, 15) is 9.90 Å². The molecule has 3 heterocycles. The second-order valence-corrected chi connectivity index (χ2v) is 6.86. The third-order valence-electron chi connectivity index (χ3n) is 4.66. The van der Waals surface area contributed by atoms with Gasteiger partial charge in [-0.3, -0.25) is 9.88 Å². The molecule has 0 radical (unpaired) electrons. The Morgan fingerprint density at radius 3 is 2.76 bits per heavy atom. The highest BCUT2D eigenvalue weighted by Gasteiger charge is 2.28. The van der Waals surface area contributed by atoms with E-state index < -0.39 is 5.97 Å². The van der Waals surface area contributed by atoms with Crippen LogP contribution in [0.1, 0.15) is 61.0 Å². The van der Waals surface area contributed by atoms with E-state index in [-0.39, 0.29) is 11.6 Å². The van der Waals surface area contributed by atoms with E-state index in [0.29, 0.717) is 11.6 Å². The van der Waals surface area contributed by atoms with Crippen LogP contribution >= 0.6 is 0 Å². The Bertz CT molecular complexity index is 776. The topological polar surface area (TPSA) is 79.2 Å². The Labute approximate surface area is 148 Å². The van der Waals surface area contributed by atoms with Crippen LogP contribution in [0.15, 0.2) is 24.5 Å².